The van der Waals surface area contributed by atoms with E-state index >= 15 is 0 Å². The lowest BCUT2D eigenvalue weighted by atomic mass is 10.3. The minimum Gasteiger partial charge on any atom is -0.468 e. The lowest BCUT2D eigenvalue weighted by molar-refractivity contribution is 0.260. The van der Waals surface area contributed by atoms with Crippen molar-refractivity contribution in [2.75, 3.05) is 0 Å². The molecule has 22 heavy (non-hydrogen) atoms. The van der Waals surface area contributed by atoms with Crippen molar-refractivity contribution in [3.63, 3.8) is 0 Å². The van der Waals surface area contributed by atoms with Crippen molar-refractivity contribution >= 4 is 11.2 Å². The summed E-state index contributed by atoms with van der Waals surface area (Å²) in [6.45, 7) is 0.319. The zero-order valence-corrected chi connectivity index (χ0v) is 11.6. The maximum Gasteiger partial charge on any atom is 0.233 e. The second-order valence-electron chi connectivity index (χ2n) is 4.68. The Morgan fingerprint density at radius 1 is 1.05 bits per heavy atom. The lowest BCUT2D eigenvalue weighted by Gasteiger charge is -2.04. The summed E-state index contributed by atoms with van der Waals surface area (Å²) < 4.78 is 12.5. The molecule has 0 unspecified atom stereocenters. The van der Waals surface area contributed by atoms with Crippen LogP contribution in [0.15, 0.2) is 65.5 Å². The predicted molar refractivity (Wildman–Crippen MR) is 79.7 cm³/mol. The van der Waals surface area contributed by atoms with Crippen molar-refractivity contribution in [2.45, 2.75) is 6.61 Å². The number of ether oxygens (including phenoxy) is 1. The molecule has 0 radical (unpaired) electrons. The third kappa shape index (κ3) is 2.31. The highest BCUT2D eigenvalue weighted by Gasteiger charge is 2.09. The molecule has 0 N–H and O–H groups in total. The fourth-order valence-electron chi connectivity index (χ4n) is 2.16. The summed E-state index contributed by atoms with van der Waals surface area (Å²) >= 11 is 0. The van der Waals surface area contributed by atoms with E-state index in [1.807, 2.05) is 42.5 Å². The third-order valence-corrected chi connectivity index (χ3v) is 3.20. The number of furan rings is 1. The van der Waals surface area contributed by atoms with Gasteiger partial charge in [0.2, 0.25) is 5.88 Å². The molecule has 6 heteroatoms. The van der Waals surface area contributed by atoms with Gasteiger partial charge in [-0.3, -0.25) is 0 Å². The van der Waals surface area contributed by atoms with Crippen molar-refractivity contribution in [3.05, 3.63) is 66.9 Å². The first-order valence-corrected chi connectivity index (χ1v) is 6.81. The summed E-state index contributed by atoms with van der Waals surface area (Å²) in [5, 5.41) is 4.33. The summed E-state index contributed by atoms with van der Waals surface area (Å²) in [6.07, 6.45) is 4.87. The van der Waals surface area contributed by atoms with Crippen molar-refractivity contribution in [1.82, 2.24) is 19.7 Å². The molecule has 3 heterocycles. The first kappa shape index (κ1) is 12.6. The minimum atomic E-state index is 0.319. The van der Waals surface area contributed by atoms with Crippen molar-refractivity contribution < 1.29 is 9.15 Å². The molecule has 6 nitrogen and oxygen atoms in total. The SMILES string of the molecule is c1ccc(-n2ncc3nc(OCc4ccco4)cnc32)cc1. The van der Waals surface area contributed by atoms with Crippen LogP contribution in [0.2, 0.25) is 0 Å². The van der Waals surface area contributed by atoms with E-state index in [1.54, 1.807) is 23.3 Å². The fourth-order valence-corrected chi connectivity index (χ4v) is 2.16. The minimum absolute atomic E-state index is 0.319. The van der Waals surface area contributed by atoms with Gasteiger partial charge in [-0.2, -0.15) is 5.10 Å². The van der Waals surface area contributed by atoms with E-state index in [4.69, 9.17) is 9.15 Å². The van der Waals surface area contributed by atoms with Crippen molar-refractivity contribution in [3.8, 4) is 11.6 Å². The largest absolute Gasteiger partial charge is 0.468 e. The van der Waals surface area contributed by atoms with Gasteiger partial charge in [0.25, 0.3) is 0 Å². The Kier molecular flexibility index (Phi) is 3.05. The number of fused-ring (bicyclic) bond motifs is 1. The Balaban J connectivity index is 1.62. The van der Waals surface area contributed by atoms with Crippen LogP contribution in [0.1, 0.15) is 5.76 Å². The molecule has 0 saturated carbocycles. The molecular weight excluding hydrogens is 280 g/mol. The molecular formula is C16H12N4O2. The molecule has 4 aromatic rings. The highest BCUT2D eigenvalue weighted by molar-refractivity contribution is 5.71. The number of hydrogen-bond donors (Lipinski definition) is 0. The topological polar surface area (TPSA) is 66.0 Å². The standard InChI is InChI=1S/C16H12N4O2/c1-2-5-12(6-3-1)20-16-14(9-18-20)19-15(10-17-16)22-11-13-7-4-8-21-13/h1-10H,11H2. The Labute approximate surface area is 126 Å². The molecule has 3 aromatic heterocycles. The summed E-state index contributed by atoms with van der Waals surface area (Å²) in [4.78, 5) is 8.81. The summed E-state index contributed by atoms with van der Waals surface area (Å²) in [7, 11) is 0. The van der Waals surface area contributed by atoms with Crippen LogP contribution in [0.25, 0.3) is 16.9 Å². The quantitative estimate of drug-likeness (QED) is 0.578. The van der Waals surface area contributed by atoms with Crippen molar-refractivity contribution in [2.24, 2.45) is 0 Å². The molecule has 0 aliphatic carbocycles. The molecule has 0 saturated heterocycles. The second-order valence-corrected chi connectivity index (χ2v) is 4.68. The molecule has 4 rings (SSSR count). The molecule has 0 bridgehead atoms. The number of aromatic nitrogens is 4. The van der Waals surface area contributed by atoms with Crippen LogP contribution in [-0.2, 0) is 6.61 Å². The van der Waals surface area contributed by atoms with Gasteiger partial charge < -0.3 is 9.15 Å². The van der Waals surface area contributed by atoms with Crippen LogP contribution in [0.3, 0.4) is 0 Å². The van der Waals surface area contributed by atoms with Gasteiger partial charge in [-0.1, -0.05) is 18.2 Å². The first-order chi connectivity index (χ1) is 10.9. The summed E-state index contributed by atoms with van der Waals surface area (Å²) in [6, 6.07) is 13.5. The zero-order chi connectivity index (χ0) is 14.8. The maximum absolute atomic E-state index is 5.57. The second kappa shape index (κ2) is 5.33. The number of nitrogens with zero attached hydrogens (tertiary/aromatic N) is 4. The number of hydrogen-bond acceptors (Lipinski definition) is 5. The molecule has 0 spiro atoms. The summed E-state index contributed by atoms with van der Waals surface area (Å²) in [5.74, 6) is 1.18. The monoisotopic (exact) mass is 292 g/mol. The van der Waals surface area contributed by atoms with Crippen LogP contribution in [0.5, 0.6) is 5.88 Å². The fraction of sp³-hybridized carbons (Fsp3) is 0.0625. The van der Waals surface area contributed by atoms with Gasteiger partial charge in [0.15, 0.2) is 5.65 Å². The van der Waals surface area contributed by atoms with E-state index in [1.165, 1.54) is 0 Å². The number of benzene rings is 1. The van der Waals surface area contributed by atoms with Crippen LogP contribution in [-0.4, -0.2) is 19.7 Å². The number of para-hydroxylation sites is 1. The molecule has 0 aliphatic heterocycles. The van der Waals surface area contributed by atoms with Gasteiger partial charge >= 0.3 is 0 Å². The molecule has 108 valence electrons. The van der Waals surface area contributed by atoms with Gasteiger partial charge in [-0.15, -0.1) is 0 Å². The van der Waals surface area contributed by atoms with Crippen LogP contribution in [0.4, 0.5) is 0 Å². The van der Waals surface area contributed by atoms with E-state index < -0.39 is 0 Å². The zero-order valence-electron chi connectivity index (χ0n) is 11.6. The molecule has 0 fully saturated rings. The Morgan fingerprint density at radius 3 is 2.77 bits per heavy atom. The molecule has 0 atom stereocenters. The highest BCUT2D eigenvalue weighted by Crippen LogP contribution is 2.17. The van der Waals surface area contributed by atoms with Crippen LogP contribution in [0, 0.1) is 0 Å². The Hall–Kier alpha value is -3.15. The van der Waals surface area contributed by atoms with Crippen LogP contribution >= 0.6 is 0 Å². The molecule has 0 aliphatic rings. The van der Waals surface area contributed by atoms with E-state index in [0.717, 1.165) is 11.4 Å². The Morgan fingerprint density at radius 2 is 1.95 bits per heavy atom. The molecule has 1 aromatic carbocycles. The average Bonchev–Trinajstić information content (AvgIpc) is 3.23. The number of rotatable bonds is 4. The van der Waals surface area contributed by atoms with Crippen LogP contribution < -0.4 is 4.74 Å². The van der Waals surface area contributed by atoms with E-state index in [0.29, 0.717) is 23.7 Å². The van der Waals surface area contributed by atoms with E-state index in [2.05, 4.69) is 15.1 Å². The van der Waals surface area contributed by atoms with E-state index in [9.17, 15) is 0 Å². The van der Waals surface area contributed by atoms with Gasteiger partial charge in [-0.05, 0) is 24.3 Å². The third-order valence-electron chi connectivity index (χ3n) is 3.20. The Bertz CT molecular complexity index is 885. The highest BCUT2D eigenvalue weighted by atomic mass is 16.5. The van der Waals surface area contributed by atoms with Gasteiger partial charge in [0.05, 0.1) is 24.3 Å². The molecule has 0 amide bonds. The van der Waals surface area contributed by atoms with Crippen molar-refractivity contribution in [1.29, 1.82) is 0 Å². The van der Waals surface area contributed by atoms with E-state index in [-0.39, 0.29) is 0 Å². The van der Waals surface area contributed by atoms with Gasteiger partial charge in [-0.25, -0.2) is 14.6 Å². The summed E-state index contributed by atoms with van der Waals surface area (Å²) in [5.41, 5.74) is 2.31. The predicted octanol–water partition coefficient (Wildman–Crippen LogP) is 2.99. The normalized spacial score (nSPS) is 10.9. The van der Waals surface area contributed by atoms with Gasteiger partial charge in [0, 0.05) is 0 Å². The average molecular weight is 292 g/mol. The van der Waals surface area contributed by atoms with Gasteiger partial charge in [0.1, 0.15) is 17.9 Å². The lowest BCUT2D eigenvalue weighted by Crippen LogP contribution is -1.99. The smallest absolute Gasteiger partial charge is 0.233 e. The maximum atomic E-state index is 5.57. The first-order valence-electron chi connectivity index (χ1n) is 6.81.